The Labute approximate surface area is 126 Å². The largest absolute Gasteiger partial charge is 0.394 e. The number of amides is 2. The fourth-order valence-electron chi connectivity index (χ4n) is 1.64. The predicted molar refractivity (Wildman–Crippen MR) is 79.6 cm³/mol. The highest BCUT2D eigenvalue weighted by Crippen LogP contribution is 2.03. The van der Waals surface area contributed by atoms with Crippen LogP contribution in [0.25, 0.3) is 6.08 Å². The molecule has 7 nitrogen and oxygen atoms in total. The maximum absolute atomic E-state index is 11.9. The summed E-state index contributed by atoms with van der Waals surface area (Å²) in [6, 6.07) is 9.61. The number of carbonyl (C=O) groups is 2. The van der Waals surface area contributed by atoms with E-state index < -0.39 is 24.5 Å². The minimum atomic E-state index is -1.08. The van der Waals surface area contributed by atoms with Crippen molar-refractivity contribution in [1.29, 1.82) is 0 Å². The van der Waals surface area contributed by atoms with Crippen molar-refractivity contribution in [2.24, 2.45) is 0 Å². The van der Waals surface area contributed by atoms with Gasteiger partial charge in [-0.1, -0.05) is 35.5 Å². The predicted octanol–water partition coefficient (Wildman–Crippen LogP) is 0.804. The Morgan fingerprint density at radius 2 is 2.05 bits per heavy atom. The average molecular weight is 301 g/mol. The number of hydrogen-bond donors (Lipinski definition) is 3. The van der Waals surface area contributed by atoms with Crippen molar-refractivity contribution in [3.8, 4) is 0 Å². The van der Waals surface area contributed by atoms with Crippen molar-refractivity contribution < 1.29 is 19.2 Å². The van der Waals surface area contributed by atoms with Gasteiger partial charge in [0.1, 0.15) is 12.3 Å². The molecule has 0 saturated heterocycles. The molecule has 0 aliphatic rings. The highest BCUT2D eigenvalue weighted by Gasteiger charge is 2.19. The van der Waals surface area contributed by atoms with Crippen molar-refractivity contribution >= 4 is 23.7 Å². The molecule has 0 fully saturated rings. The Balaban J connectivity index is 1.90. The fourth-order valence-corrected chi connectivity index (χ4v) is 1.64. The lowest BCUT2D eigenvalue weighted by Crippen LogP contribution is -2.45. The Morgan fingerprint density at radius 1 is 1.27 bits per heavy atom. The van der Waals surface area contributed by atoms with E-state index in [0.29, 0.717) is 0 Å². The van der Waals surface area contributed by atoms with Crippen LogP contribution in [-0.4, -0.2) is 34.7 Å². The number of anilines is 1. The van der Waals surface area contributed by atoms with Crippen molar-refractivity contribution in [2.45, 2.75) is 6.04 Å². The van der Waals surface area contributed by atoms with Crippen molar-refractivity contribution in [3.05, 3.63) is 54.3 Å². The smallest absolute Gasteiger partial charge is 0.250 e. The molecular weight excluding hydrogens is 286 g/mol. The van der Waals surface area contributed by atoms with Crippen LogP contribution in [0.15, 0.2) is 53.3 Å². The number of benzene rings is 1. The molecular formula is C15H15N3O4. The van der Waals surface area contributed by atoms with Gasteiger partial charge in [-0.25, -0.2) is 0 Å². The zero-order valence-electron chi connectivity index (χ0n) is 11.6. The lowest BCUT2D eigenvalue weighted by atomic mass is 10.2. The molecule has 2 aromatic rings. The van der Waals surface area contributed by atoms with E-state index in [1.54, 1.807) is 6.08 Å². The minimum absolute atomic E-state index is 0.206. The summed E-state index contributed by atoms with van der Waals surface area (Å²) < 4.78 is 4.57. The van der Waals surface area contributed by atoms with Gasteiger partial charge < -0.3 is 20.3 Å². The summed E-state index contributed by atoms with van der Waals surface area (Å²) >= 11 is 0. The Kier molecular flexibility index (Phi) is 5.44. The summed E-state index contributed by atoms with van der Waals surface area (Å²) in [5.74, 6) is -0.867. The van der Waals surface area contributed by atoms with Gasteiger partial charge >= 0.3 is 0 Å². The van der Waals surface area contributed by atoms with E-state index in [-0.39, 0.29) is 5.82 Å². The fraction of sp³-hybridized carbons (Fsp3) is 0.133. The van der Waals surface area contributed by atoms with E-state index in [9.17, 15) is 14.7 Å². The molecule has 0 spiro atoms. The molecule has 0 bridgehead atoms. The number of aromatic nitrogens is 1. The van der Waals surface area contributed by atoms with E-state index >= 15 is 0 Å². The van der Waals surface area contributed by atoms with Gasteiger partial charge in [0, 0.05) is 12.1 Å². The van der Waals surface area contributed by atoms with Crippen LogP contribution in [0.5, 0.6) is 0 Å². The average Bonchev–Trinajstić information content (AvgIpc) is 3.04. The van der Waals surface area contributed by atoms with Gasteiger partial charge in [-0.15, -0.1) is 0 Å². The molecule has 0 aliphatic carbocycles. The van der Waals surface area contributed by atoms with Gasteiger partial charge in [-0.3, -0.25) is 9.59 Å². The molecule has 0 unspecified atom stereocenters. The van der Waals surface area contributed by atoms with Crippen LogP contribution < -0.4 is 10.6 Å². The van der Waals surface area contributed by atoms with Gasteiger partial charge in [-0.05, 0) is 11.6 Å². The summed E-state index contributed by atoms with van der Waals surface area (Å²) in [4.78, 5) is 23.6. The maximum Gasteiger partial charge on any atom is 0.250 e. The topological polar surface area (TPSA) is 104 Å². The number of aliphatic hydroxyl groups is 1. The second kappa shape index (κ2) is 7.75. The molecule has 1 atom stereocenters. The van der Waals surface area contributed by atoms with E-state index in [4.69, 9.17) is 0 Å². The number of nitrogens with one attached hydrogen (secondary N) is 2. The number of nitrogens with zero attached hydrogens (tertiary/aromatic N) is 1. The Hall–Kier alpha value is -2.93. The summed E-state index contributed by atoms with van der Waals surface area (Å²) in [7, 11) is 0. The van der Waals surface area contributed by atoms with Crippen LogP contribution in [0.4, 0.5) is 5.82 Å². The van der Waals surface area contributed by atoms with Crippen LogP contribution >= 0.6 is 0 Å². The quantitative estimate of drug-likeness (QED) is 0.685. The van der Waals surface area contributed by atoms with E-state index in [0.717, 1.165) is 5.56 Å². The summed E-state index contributed by atoms with van der Waals surface area (Å²) in [5, 5.41) is 17.5. The van der Waals surface area contributed by atoms with Gasteiger partial charge in [0.2, 0.25) is 5.91 Å². The summed E-state index contributed by atoms with van der Waals surface area (Å²) in [6.45, 7) is -0.533. The second-order valence-corrected chi connectivity index (χ2v) is 4.36. The van der Waals surface area contributed by atoms with E-state index in [1.165, 1.54) is 18.4 Å². The SMILES string of the molecule is O=C(C=Cc1ccccc1)N[C@@H](CO)C(=O)Nc1ccon1. The molecule has 0 saturated carbocycles. The van der Waals surface area contributed by atoms with Crippen molar-refractivity contribution in [3.63, 3.8) is 0 Å². The van der Waals surface area contributed by atoms with Crippen LogP contribution in [0, 0.1) is 0 Å². The molecule has 7 heteroatoms. The molecule has 1 aromatic carbocycles. The first kappa shape index (κ1) is 15.5. The molecule has 0 radical (unpaired) electrons. The molecule has 1 heterocycles. The third kappa shape index (κ3) is 4.57. The normalized spacial score (nSPS) is 12.0. The third-order valence-electron chi connectivity index (χ3n) is 2.73. The van der Waals surface area contributed by atoms with Gasteiger partial charge in [0.25, 0.3) is 5.91 Å². The molecule has 3 N–H and O–H groups in total. The monoisotopic (exact) mass is 301 g/mol. The van der Waals surface area contributed by atoms with E-state index in [1.807, 2.05) is 30.3 Å². The zero-order chi connectivity index (χ0) is 15.8. The van der Waals surface area contributed by atoms with Crippen LogP contribution in [0.2, 0.25) is 0 Å². The molecule has 22 heavy (non-hydrogen) atoms. The number of rotatable bonds is 6. The standard InChI is InChI=1S/C15H15N3O4/c19-10-12(15(21)17-13-8-9-22-18-13)16-14(20)7-6-11-4-2-1-3-5-11/h1-9,12,19H,10H2,(H,16,20)(H,17,18,21)/t12-/m0/s1. The van der Waals surface area contributed by atoms with Gasteiger partial charge in [0.15, 0.2) is 5.82 Å². The number of carbonyl (C=O) groups excluding carboxylic acids is 2. The lowest BCUT2D eigenvalue weighted by molar-refractivity contribution is -0.124. The molecule has 2 rings (SSSR count). The number of hydrogen-bond acceptors (Lipinski definition) is 5. The Morgan fingerprint density at radius 3 is 2.68 bits per heavy atom. The van der Waals surface area contributed by atoms with Crippen molar-refractivity contribution in [1.82, 2.24) is 10.5 Å². The molecule has 114 valence electrons. The summed E-state index contributed by atoms with van der Waals surface area (Å²) in [6.07, 6.45) is 4.20. The van der Waals surface area contributed by atoms with Crippen LogP contribution in [-0.2, 0) is 9.59 Å². The summed E-state index contributed by atoms with van der Waals surface area (Å²) in [5.41, 5.74) is 0.852. The molecule has 0 aliphatic heterocycles. The van der Waals surface area contributed by atoms with Crippen molar-refractivity contribution in [2.75, 3.05) is 11.9 Å². The first-order valence-electron chi connectivity index (χ1n) is 6.55. The lowest BCUT2D eigenvalue weighted by Gasteiger charge is -2.13. The Bertz CT molecular complexity index is 638. The molecule has 2 amide bonds. The first-order chi connectivity index (χ1) is 10.7. The highest BCUT2D eigenvalue weighted by atomic mass is 16.5. The zero-order valence-corrected chi connectivity index (χ0v) is 11.6. The minimum Gasteiger partial charge on any atom is -0.394 e. The highest BCUT2D eigenvalue weighted by molar-refractivity contribution is 5.99. The van der Waals surface area contributed by atoms with Gasteiger partial charge in [0.05, 0.1) is 6.61 Å². The third-order valence-corrected chi connectivity index (χ3v) is 2.73. The first-order valence-corrected chi connectivity index (χ1v) is 6.55. The second-order valence-electron chi connectivity index (χ2n) is 4.36. The van der Waals surface area contributed by atoms with Crippen LogP contribution in [0.3, 0.4) is 0 Å². The number of aliphatic hydroxyl groups excluding tert-OH is 1. The van der Waals surface area contributed by atoms with Gasteiger partial charge in [-0.2, -0.15) is 0 Å². The molecule has 1 aromatic heterocycles. The van der Waals surface area contributed by atoms with Crippen LogP contribution in [0.1, 0.15) is 5.56 Å². The van der Waals surface area contributed by atoms with E-state index in [2.05, 4.69) is 20.3 Å². The maximum atomic E-state index is 11.9.